The maximum Gasteiger partial charge on any atom is 0.261 e. The summed E-state index contributed by atoms with van der Waals surface area (Å²) in [6.07, 6.45) is 0. The molecule has 2 aromatic rings. The van der Waals surface area contributed by atoms with E-state index in [9.17, 15) is 13.2 Å². The molecule has 2 aromatic carbocycles. The minimum atomic E-state index is -3.81. The van der Waals surface area contributed by atoms with Gasteiger partial charge in [-0.3, -0.25) is 9.52 Å². The van der Waals surface area contributed by atoms with E-state index in [-0.39, 0.29) is 15.8 Å². The van der Waals surface area contributed by atoms with E-state index in [0.29, 0.717) is 22.2 Å². The highest BCUT2D eigenvalue weighted by molar-refractivity contribution is 8.00. The van der Waals surface area contributed by atoms with Crippen LogP contribution in [0.1, 0.15) is 0 Å². The first-order valence-corrected chi connectivity index (χ1v) is 9.62. The van der Waals surface area contributed by atoms with Crippen molar-refractivity contribution in [2.75, 3.05) is 15.8 Å². The number of carbonyl (C=O) groups is 1. The number of fused-ring (bicyclic) bond motifs is 1. The number of amides is 1. The van der Waals surface area contributed by atoms with Gasteiger partial charge in [0.2, 0.25) is 5.91 Å². The molecule has 120 valence electrons. The molecule has 1 amide bonds. The molecule has 9 heteroatoms. The average molecular weight is 389 g/mol. The monoisotopic (exact) mass is 388 g/mol. The Balaban J connectivity index is 1.92. The summed E-state index contributed by atoms with van der Waals surface area (Å²) >= 11 is 13.1. The fourth-order valence-corrected chi connectivity index (χ4v) is 4.16. The zero-order valence-electron chi connectivity index (χ0n) is 11.5. The van der Waals surface area contributed by atoms with Crippen LogP contribution in [0.5, 0.6) is 0 Å². The zero-order valence-corrected chi connectivity index (χ0v) is 14.6. The van der Waals surface area contributed by atoms with Crippen molar-refractivity contribution in [3.8, 4) is 0 Å². The van der Waals surface area contributed by atoms with E-state index < -0.39 is 10.0 Å². The van der Waals surface area contributed by atoms with Gasteiger partial charge in [0.05, 0.1) is 32.1 Å². The Morgan fingerprint density at radius 3 is 2.61 bits per heavy atom. The highest BCUT2D eigenvalue weighted by Crippen LogP contribution is 2.33. The molecule has 0 aromatic heterocycles. The Hall–Kier alpha value is -1.41. The second-order valence-corrected chi connectivity index (χ2v) is 8.24. The third-order valence-electron chi connectivity index (χ3n) is 3.07. The van der Waals surface area contributed by atoms with E-state index in [1.165, 1.54) is 42.1 Å². The molecule has 0 bridgehead atoms. The minimum Gasteiger partial charge on any atom is -0.324 e. The van der Waals surface area contributed by atoms with Crippen LogP contribution in [0.3, 0.4) is 0 Å². The van der Waals surface area contributed by atoms with Crippen molar-refractivity contribution in [2.24, 2.45) is 0 Å². The second-order valence-electron chi connectivity index (χ2n) is 4.73. The SMILES string of the molecule is O=C1CSc2ccc(S(=O)(=O)Nc3ccc(Cl)c(Cl)c3)cc2N1. The molecule has 0 aliphatic carbocycles. The summed E-state index contributed by atoms with van der Waals surface area (Å²) in [6, 6.07) is 9.04. The first kappa shape index (κ1) is 16.4. The van der Waals surface area contributed by atoms with Crippen molar-refractivity contribution in [3.63, 3.8) is 0 Å². The Kier molecular flexibility index (Phi) is 4.46. The van der Waals surface area contributed by atoms with E-state index in [2.05, 4.69) is 10.0 Å². The van der Waals surface area contributed by atoms with Crippen LogP contribution in [0.25, 0.3) is 0 Å². The first-order chi connectivity index (χ1) is 10.8. The van der Waals surface area contributed by atoms with Gasteiger partial charge in [-0.25, -0.2) is 8.42 Å². The van der Waals surface area contributed by atoms with E-state index in [1.54, 1.807) is 6.07 Å². The number of anilines is 2. The molecule has 0 saturated carbocycles. The summed E-state index contributed by atoms with van der Waals surface area (Å²) in [5.74, 6) is 0.162. The molecular weight excluding hydrogens is 379 g/mol. The molecule has 3 rings (SSSR count). The van der Waals surface area contributed by atoms with Gasteiger partial charge in [-0.15, -0.1) is 11.8 Å². The van der Waals surface area contributed by atoms with Crippen LogP contribution in [0, 0.1) is 0 Å². The summed E-state index contributed by atoms with van der Waals surface area (Å²) in [5.41, 5.74) is 0.791. The predicted molar refractivity (Wildman–Crippen MR) is 93.1 cm³/mol. The second kappa shape index (κ2) is 6.24. The van der Waals surface area contributed by atoms with Crippen LogP contribution in [-0.2, 0) is 14.8 Å². The van der Waals surface area contributed by atoms with Gasteiger partial charge in [0.15, 0.2) is 0 Å². The fourth-order valence-electron chi connectivity index (χ4n) is 2.00. The van der Waals surface area contributed by atoms with Crippen molar-refractivity contribution < 1.29 is 13.2 Å². The Morgan fingerprint density at radius 1 is 1.09 bits per heavy atom. The number of hydrogen-bond acceptors (Lipinski definition) is 4. The van der Waals surface area contributed by atoms with Crippen molar-refractivity contribution in [1.82, 2.24) is 0 Å². The van der Waals surface area contributed by atoms with Gasteiger partial charge in [0, 0.05) is 4.90 Å². The lowest BCUT2D eigenvalue weighted by atomic mass is 10.3. The number of halogens is 2. The van der Waals surface area contributed by atoms with Crippen molar-refractivity contribution in [1.29, 1.82) is 0 Å². The van der Waals surface area contributed by atoms with Crippen LogP contribution < -0.4 is 10.0 Å². The van der Waals surface area contributed by atoms with Crippen LogP contribution >= 0.6 is 35.0 Å². The van der Waals surface area contributed by atoms with Crippen LogP contribution in [0.4, 0.5) is 11.4 Å². The molecule has 23 heavy (non-hydrogen) atoms. The molecule has 0 unspecified atom stereocenters. The third kappa shape index (κ3) is 3.58. The van der Waals surface area contributed by atoms with Crippen molar-refractivity contribution in [3.05, 3.63) is 46.4 Å². The number of nitrogens with one attached hydrogen (secondary N) is 2. The zero-order chi connectivity index (χ0) is 16.6. The summed E-state index contributed by atoms with van der Waals surface area (Å²) in [7, 11) is -3.81. The number of hydrogen-bond donors (Lipinski definition) is 2. The Labute approximate surface area is 147 Å². The molecular formula is C14H10Cl2N2O3S2. The summed E-state index contributed by atoms with van der Waals surface area (Å²) < 4.78 is 27.3. The van der Waals surface area contributed by atoms with E-state index in [0.717, 1.165) is 4.90 Å². The molecule has 0 spiro atoms. The lowest BCUT2D eigenvalue weighted by Crippen LogP contribution is -2.20. The van der Waals surface area contributed by atoms with Crippen molar-refractivity contribution >= 4 is 62.3 Å². The summed E-state index contributed by atoms with van der Waals surface area (Å²) in [4.78, 5) is 12.3. The standard InChI is InChI=1S/C14H10Cl2N2O3S2/c15-10-3-1-8(5-11(10)16)18-23(20,21)9-2-4-13-12(6-9)17-14(19)7-22-13/h1-6,18H,7H2,(H,17,19). The molecule has 0 fully saturated rings. The van der Waals surface area contributed by atoms with Crippen molar-refractivity contribution in [2.45, 2.75) is 9.79 Å². The van der Waals surface area contributed by atoms with E-state index in [1.807, 2.05) is 0 Å². The van der Waals surface area contributed by atoms with E-state index >= 15 is 0 Å². The molecule has 1 aliphatic heterocycles. The van der Waals surface area contributed by atoms with Gasteiger partial charge in [-0.2, -0.15) is 0 Å². The van der Waals surface area contributed by atoms with Gasteiger partial charge in [0.25, 0.3) is 10.0 Å². The smallest absolute Gasteiger partial charge is 0.261 e. The number of rotatable bonds is 3. The quantitative estimate of drug-likeness (QED) is 0.837. The first-order valence-electron chi connectivity index (χ1n) is 6.40. The Morgan fingerprint density at radius 2 is 1.87 bits per heavy atom. The highest BCUT2D eigenvalue weighted by atomic mass is 35.5. The number of carbonyl (C=O) groups excluding carboxylic acids is 1. The normalized spacial score (nSPS) is 14.1. The molecule has 0 saturated heterocycles. The maximum atomic E-state index is 12.5. The van der Waals surface area contributed by atoms with Crippen LogP contribution in [-0.4, -0.2) is 20.1 Å². The topological polar surface area (TPSA) is 75.3 Å². The lowest BCUT2D eigenvalue weighted by Gasteiger charge is -2.17. The number of thioether (sulfide) groups is 1. The van der Waals surface area contributed by atoms with Gasteiger partial charge < -0.3 is 5.32 Å². The predicted octanol–water partition coefficient (Wildman–Crippen LogP) is 3.84. The maximum absolute atomic E-state index is 12.5. The van der Waals surface area contributed by atoms with Gasteiger partial charge in [0.1, 0.15) is 0 Å². The Bertz CT molecular complexity index is 901. The molecule has 2 N–H and O–H groups in total. The average Bonchev–Trinajstić information content (AvgIpc) is 2.50. The fraction of sp³-hybridized carbons (Fsp3) is 0.0714. The lowest BCUT2D eigenvalue weighted by molar-refractivity contribution is -0.113. The van der Waals surface area contributed by atoms with E-state index in [4.69, 9.17) is 23.2 Å². The van der Waals surface area contributed by atoms with Crippen LogP contribution in [0.2, 0.25) is 10.0 Å². The minimum absolute atomic E-state index is 0.0464. The molecule has 0 atom stereocenters. The molecule has 5 nitrogen and oxygen atoms in total. The molecule has 0 radical (unpaired) electrons. The summed E-state index contributed by atoms with van der Waals surface area (Å²) in [6.45, 7) is 0. The summed E-state index contributed by atoms with van der Waals surface area (Å²) in [5, 5.41) is 3.25. The number of sulfonamides is 1. The third-order valence-corrected chi connectivity index (χ3v) is 6.26. The molecule has 1 heterocycles. The van der Waals surface area contributed by atoms with Crippen LogP contribution in [0.15, 0.2) is 46.2 Å². The van der Waals surface area contributed by atoms with Gasteiger partial charge in [-0.05, 0) is 36.4 Å². The molecule has 1 aliphatic rings. The highest BCUT2D eigenvalue weighted by Gasteiger charge is 2.20. The number of benzene rings is 2. The largest absolute Gasteiger partial charge is 0.324 e. The van der Waals surface area contributed by atoms with Gasteiger partial charge >= 0.3 is 0 Å². The van der Waals surface area contributed by atoms with Gasteiger partial charge in [-0.1, -0.05) is 23.2 Å².